The number of aliphatic hydroxyl groups is 3. The highest BCUT2D eigenvalue weighted by Gasteiger charge is 2.49. The minimum atomic E-state index is -2.68. The minimum absolute atomic E-state index is 0.0311. The zero-order valence-electron chi connectivity index (χ0n) is 17.6. The maximum absolute atomic E-state index is 10.8. The van der Waals surface area contributed by atoms with Crippen LogP contribution in [0.5, 0.6) is 0 Å². The number of nitrogens with zero attached hydrogens (tertiary/aromatic N) is 4. The van der Waals surface area contributed by atoms with Gasteiger partial charge in [0.1, 0.15) is 11.6 Å². The molecule has 1 saturated heterocycles. The van der Waals surface area contributed by atoms with Crippen molar-refractivity contribution < 1.29 is 19.7 Å². The zero-order valence-corrected chi connectivity index (χ0v) is 17.6. The Morgan fingerprint density at radius 3 is 2.58 bits per heavy atom. The van der Waals surface area contributed by atoms with Crippen molar-refractivity contribution >= 4 is 28.4 Å². The van der Waals surface area contributed by atoms with Gasteiger partial charge in [-0.15, -0.1) is 0 Å². The van der Waals surface area contributed by atoms with Crippen molar-refractivity contribution in [1.29, 1.82) is 0 Å². The number of nitrogen functional groups attached to an aromatic ring is 1. The number of hydrogen-bond donors (Lipinski definition) is 4. The second-order valence-corrected chi connectivity index (χ2v) is 7.58. The summed E-state index contributed by atoms with van der Waals surface area (Å²) in [5.41, 5.74) is 9.48. The normalized spacial score (nSPS) is 18.5. The molecule has 3 aromatic rings. The van der Waals surface area contributed by atoms with Gasteiger partial charge in [0.15, 0.2) is 0 Å². The third-order valence-electron chi connectivity index (χ3n) is 5.79. The Labute approximate surface area is 180 Å². The number of aliphatic hydroxyl groups excluding tert-OH is 1. The first-order valence-corrected chi connectivity index (χ1v) is 10.3. The second kappa shape index (κ2) is 7.84. The molecular formula is C22H27N5O4. The molecule has 0 amide bonds. The number of anilines is 2. The van der Waals surface area contributed by atoms with E-state index in [0.717, 1.165) is 23.3 Å². The van der Waals surface area contributed by atoms with E-state index >= 15 is 0 Å². The molecule has 9 heteroatoms. The van der Waals surface area contributed by atoms with Crippen LogP contribution in [0.1, 0.15) is 30.7 Å². The van der Waals surface area contributed by atoms with Crippen LogP contribution in [0, 0.1) is 0 Å². The van der Waals surface area contributed by atoms with Crippen molar-refractivity contribution in [2.75, 3.05) is 23.7 Å². The van der Waals surface area contributed by atoms with E-state index in [2.05, 4.69) is 30.4 Å². The second-order valence-electron chi connectivity index (χ2n) is 7.58. The van der Waals surface area contributed by atoms with Gasteiger partial charge < -0.3 is 30.4 Å². The largest absolute Gasteiger partial charge is 0.463 e. The van der Waals surface area contributed by atoms with E-state index < -0.39 is 12.1 Å². The van der Waals surface area contributed by atoms with Crippen molar-refractivity contribution in [2.24, 2.45) is 0 Å². The summed E-state index contributed by atoms with van der Waals surface area (Å²) in [7, 11) is 0. The number of fused-ring (bicyclic) bond motifs is 1. The average Bonchev–Trinajstić information content (AvgIpc) is 3.29. The third kappa shape index (κ3) is 3.50. The van der Waals surface area contributed by atoms with Crippen molar-refractivity contribution in [3.8, 4) is 0 Å². The molecule has 31 heavy (non-hydrogen) atoms. The number of rotatable bonds is 5. The van der Waals surface area contributed by atoms with Gasteiger partial charge in [0.05, 0.1) is 17.5 Å². The van der Waals surface area contributed by atoms with Gasteiger partial charge >= 0.3 is 0 Å². The van der Waals surface area contributed by atoms with E-state index in [0.29, 0.717) is 22.4 Å². The SMILES string of the molecule is C=C(c1ccco1)N1CCN(c2nc(N)c3cc(CC)c(CC)cc3n2)C(O)(O)C1O. The Morgan fingerprint density at radius 1 is 1.23 bits per heavy atom. The molecule has 9 nitrogen and oxygen atoms in total. The summed E-state index contributed by atoms with van der Waals surface area (Å²) >= 11 is 0. The maximum Gasteiger partial charge on any atom is 0.296 e. The quantitative estimate of drug-likeness (QED) is 0.451. The van der Waals surface area contributed by atoms with Gasteiger partial charge in [-0.25, -0.2) is 4.98 Å². The fraction of sp³-hybridized carbons (Fsp3) is 0.364. The first kappa shape index (κ1) is 21.1. The molecule has 1 atom stereocenters. The van der Waals surface area contributed by atoms with Crippen LogP contribution in [0.3, 0.4) is 0 Å². The molecule has 4 rings (SSSR count). The average molecular weight is 425 g/mol. The summed E-state index contributed by atoms with van der Waals surface area (Å²) in [6, 6.07) is 7.31. The molecular weight excluding hydrogens is 398 g/mol. The predicted molar refractivity (Wildman–Crippen MR) is 118 cm³/mol. The lowest BCUT2D eigenvalue weighted by molar-refractivity contribution is -0.267. The Bertz CT molecular complexity index is 1110. The first-order chi connectivity index (χ1) is 14.8. The van der Waals surface area contributed by atoms with Crippen LogP contribution >= 0.6 is 0 Å². The molecule has 2 aromatic heterocycles. The van der Waals surface area contributed by atoms with Gasteiger partial charge in [0, 0.05) is 18.5 Å². The topological polar surface area (TPSA) is 132 Å². The number of hydrogen-bond acceptors (Lipinski definition) is 9. The van der Waals surface area contributed by atoms with Gasteiger partial charge in [0.2, 0.25) is 12.2 Å². The summed E-state index contributed by atoms with van der Waals surface area (Å²) in [5.74, 6) is -1.98. The maximum atomic E-state index is 10.8. The monoisotopic (exact) mass is 425 g/mol. The van der Waals surface area contributed by atoms with E-state index in [-0.39, 0.29) is 24.9 Å². The summed E-state index contributed by atoms with van der Waals surface area (Å²) < 4.78 is 5.31. The molecule has 1 aliphatic rings. The fourth-order valence-corrected chi connectivity index (χ4v) is 4.01. The van der Waals surface area contributed by atoms with Crippen LogP contribution in [-0.4, -0.2) is 55.4 Å². The Kier molecular flexibility index (Phi) is 5.34. The van der Waals surface area contributed by atoms with Crippen LogP contribution in [0.15, 0.2) is 41.5 Å². The van der Waals surface area contributed by atoms with E-state index in [9.17, 15) is 15.3 Å². The molecule has 0 spiro atoms. The van der Waals surface area contributed by atoms with E-state index in [4.69, 9.17) is 10.2 Å². The Morgan fingerprint density at radius 2 is 1.94 bits per heavy atom. The summed E-state index contributed by atoms with van der Waals surface area (Å²) in [6.07, 6.45) is 1.47. The molecule has 3 heterocycles. The molecule has 1 aromatic carbocycles. The molecule has 0 saturated carbocycles. The lowest BCUT2D eigenvalue weighted by Gasteiger charge is -2.48. The predicted octanol–water partition coefficient (Wildman–Crippen LogP) is 1.68. The van der Waals surface area contributed by atoms with Crippen LogP contribution < -0.4 is 10.6 Å². The van der Waals surface area contributed by atoms with Crippen molar-refractivity contribution in [3.63, 3.8) is 0 Å². The summed E-state index contributed by atoms with van der Waals surface area (Å²) in [4.78, 5) is 11.3. The smallest absolute Gasteiger partial charge is 0.296 e. The van der Waals surface area contributed by atoms with Gasteiger partial charge in [0.25, 0.3) is 5.91 Å². The number of nitrogens with two attached hydrogens (primary N) is 1. The van der Waals surface area contributed by atoms with Gasteiger partial charge in [-0.05, 0) is 48.2 Å². The van der Waals surface area contributed by atoms with Gasteiger partial charge in [-0.2, -0.15) is 4.98 Å². The highest BCUT2D eigenvalue weighted by Crippen LogP contribution is 2.33. The molecule has 0 radical (unpaired) electrons. The summed E-state index contributed by atoms with van der Waals surface area (Å²) in [5, 5.41) is 33.1. The molecule has 0 bridgehead atoms. The van der Waals surface area contributed by atoms with Crippen LogP contribution in [0.25, 0.3) is 16.6 Å². The van der Waals surface area contributed by atoms with Crippen molar-refractivity contribution in [3.05, 3.63) is 54.0 Å². The Balaban J connectivity index is 1.70. The highest BCUT2D eigenvalue weighted by molar-refractivity contribution is 5.90. The standard InChI is InChI=1S/C22H27N5O4/c1-4-14-11-16-17(12-15(14)5-2)24-21(25-19(16)23)27-9-8-26(20(28)22(27,29)30)13(3)18-7-6-10-31-18/h6-7,10-12,20,28-30H,3-5,8-9H2,1-2H3,(H2,23,24,25). The lowest BCUT2D eigenvalue weighted by Crippen LogP contribution is -2.68. The van der Waals surface area contributed by atoms with E-state index in [1.54, 1.807) is 12.1 Å². The van der Waals surface area contributed by atoms with Crippen LogP contribution in [-0.2, 0) is 12.8 Å². The number of aryl methyl sites for hydroxylation is 2. The first-order valence-electron chi connectivity index (χ1n) is 10.3. The molecule has 164 valence electrons. The minimum Gasteiger partial charge on any atom is -0.463 e. The molecule has 5 N–H and O–H groups in total. The fourth-order valence-electron chi connectivity index (χ4n) is 4.01. The molecule has 1 unspecified atom stereocenters. The zero-order chi connectivity index (χ0) is 22.3. The van der Waals surface area contributed by atoms with Crippen LogP contribution in [0.4, 0.5) is 11.8 Å². The third-order valence-corrected chi connectivity index (χ3v) is 5.79. The highest BCUT2D eigenvalue weighted by atomic mass is 16.6. The molecule has 1 fully saturated rings. The van der Waals surface area contributed by atoms with Crippen LogP contribution in [0.2, 0.25) is 0 Å². The lowest BCUT2D eigenvalue weighted by atomic mass is 10.0. The van der Waals surface area contributed by atoms with E-state index in [1.807, 2.05) is 12.1 Å². The molecule has 1 aliphatic heterocycles. The Hall–Kier alpha value is -3.14. The number of benzene rings is 1. The van der Waals surface area contributed by atoms with Crippen molar-refractivity contribution in [1.82, 2.24) is 14.9 Å². The summed E-state index contributed by atoms with van der Waals surface area (Å²) in [6.45, 7) is 8.40. The number of piperazine rings is 1. The van der Waals surface area contributed by atoms with Gasteiger partial charge in [-0.3, -0.25) is 4.90 Å². The van der Waals surface area contributed by atoms with E-state index in [1.165, 1.54) is 16.7 Å². The number of aromatic nitrogens is 2. The number of furan rings is 1. The van der Waals surface area contributed by atoms with Crippen molar-refractivity contribution in [2.45, 2.75) is 38.8 Å². The van der Waals surface area contributed by atoms with Gasteiger partial charge in [-0.1, -0.05) is 20.4 Å². The molecule has 0 aliphatic carbocycles.